The topological polar surface area (TPSA) is 74.3 Å². The zero-order valence-electron chi connectivity index (χ0n) is 18.9. The van der Waals surface area contributed by atoms with Crippen molar-refractivity contribution >= 4 is 10.0 Å². The van der Waals surface area contributed by atoms with Crippen LogP contribution in [0.2, 0.25) is 0 Å². The van der Waals surface area contributed by atoms with E-state index in [9.17, 15) is 8.42 Å². The summed E-state index contributed by atoms with van der Waals surface area (Å²) in [4.78, 5) is 0.241. The molecule has 0 N–H and O–H groups in total. The Balaban J connectivity index is 2.14. The molecular weight excluding hydrogens is 418 g/mol. The molecule has 1 aliphatic carbocycles. The third-order valence-electron chi connectivity index (χ3n) is 5.86. The Hall–Kier alpha value is -2.13. The molecule has 0 amide bonds. The number of sulfonamides is 1. The highest BCUT2D eigenvalue weighted by molar-refractivity contribution is 7.89. The van der Waals surface area contributed by atoms with Gasteiger partial charge in [-0.1, -0.05) is 30.7 Å². The minimum atomic E-state index is -3.83. The monoisotopic (exact) mass is 449 g/mol. The van der Waals surface area contributed by atoms with E-state index in [0.29, 0.717) is 17.9 Å². The molecule has 0 spiro atoms. The van der Waals surface area contributed by atoms with E-state index in [4.69, 9.17) is 18.9 Å². The maximum Gasteiger partial charge on any atom is 0.243 e. The van der Waals surface area contributed by atoms with Crippen LogP contribution in [0.15, 0.2) is 41.3 Å². The molecule has 0 heterocycles. The van der Waals surface area contributed by atoms with E-state index >= 15 is 0 Å². The Morgan fingerprint density at radius 3 is 2.19 bits per heavy atom. The molecule has 0 aliphatic heterocycles. The SMILES string of the molecule is COc1ccc2c(c1OC)CC(C)C2N(CC(OC)OC)S(=O)(=O)c1ccc(C)cc1. The minimum Gasteiger partial charge on any atom is -0.493 e. The Bertz CT molecular complexity index is 1000. The van der Waals surface area contributed by atoms with E-state index in [-0.39, 0.29) is 17.4 Å². The molecule has 0 radical (unpaired) electrons. The molecule has 0 bridgehead atoms. The predicted molar refractivity (Wildman–Crippen MR) is 118 cm³/mol. The smallest absolute Gasteiger partial charge is 0.243 e. The van der Waals surface area contributed by atoms with Crippen molar-refractivity contribution < 1.29 is 27.4 Å². The Morgan fingerprint density at radius 1 is 1.00 bits per heavy atom. The maximum absolute atomic E-state index is 13.8. The fraction of sp³-hybridized carbons (Fsp3) is 0.478. The van der Waals surface area contributed by atoms with Gasteiger partial charge in [-0.05, 0) is 43.0 Å². The molecule has 2 unspecified atom stereocenters. The second kappa shape index (κ2) is 9.56. The molecule has 0 saturated carbocycles. The summed E-state index contributed by atoms with van der Waals surface area (Å²) in [6.45, 7) is 4.03. The first kappa shape index (κ1) is 23.5. The highest BCUT2D eigenvalue weighted by Gasteiger charge is 2.43. The summed E-state index contributed by atoms with van der Waals surface area (Å²) in [6.07, 6.45) is -0.0260. The van der Waals surface area contributed by atoms with Gasteiger partial charge in [-0.3, -0.25) is 0 Å². The number of ether oxygens (including phenoxy) is 4. The Morgan fingerprint density at radius 2 is 1.65 bits per heavy atom. The number of hydrogen-bond donors (Lipinski definition) is 0. The summed E-state index contributed by atoms with van der Waals surface area (Å²) in [7, 11) is 2.38. The van der Waals surface area contributed by atoms with Crippen LogP contribution in [0.4, 0.5) is 0 Å². The van der Waals surface area contributed by atoms with E-state index in [0.717, 1.165) is 16.7 Å². The van der Waals surface area contributed by atoms with Crippen molar-refractivity contribution in [2.75, 3.05) is 35.0 Å². The van der Waals surface area contributed by atoms with E-state index in [1.54, 1.807) is 38.5 Å². The molecule has 2 aromatic rings. The molecule has 31 heavy (non-hydrogen) atoms. The van der Waals surface area contributed by atoms with E-state index in [1.165, 1.54) is 18.5 Å². The zero-order valence-corrected chi connectivity index (χ0v) is 19.7. The van der Waals surface area contributed by atoms with Crippen molar-refractivity contribution in [2.45, 2.75) is 37.5 Å². The number of methoxy groups -OCH3 is 4. The van der Waals surface area contributed by atoms with E-state index in [2.05, 4.69) is 0 Å². The lowest BCUT2D eigenvalue weighted by Gasteiger charge is -2.33. The van der Waals surface area contributed by atoms with Gasteiger partial charge in [-0.2, -0.15) is 4.31 Å². The molecule has 0 saturated heterocycles. The first-order valence-corrected chi connectivity index (χ1v) is 11.6. The van der Waals surface area contributed by atoms with E-state index in [1.807, 2.05) is 26.0 Å². The van der Waals surface area contributed by atoms with Gasteiger partial charge in [0.05, 0.1) is 31.7 Å². The fourth-order valence-electron chi connectivity index (χ4n) is 4.27. The predicted octanol–water partition coefficient (Wildman–Crippen LogP) is 3.56. The van der Waals surface area contributed by atoms with Crippen LogP contribution in [0.1, 0.15) is 29.7 Å². The number of rotatable bonds is 9. The second-order valence-corrected chi connectivity index (χ2v) is 9.67. The summed E-state index contributed by atoms with van der Waals surface area (Å²) >= 11 is 0. The van der Waals surface area contributed by atoms with Crippen molar-refractivity contribution in [1.29, 1.82) is 0 Å². The summed E-state index contributed by atoms with van der Waals surface area (Å²) in [6, 6.07) is 10.2. The van der Waals surface area contributed by atoms with Crippen LogP contribution < -0.4 is 9.47 Å². The third kappa shape index (κ3) is 4.43. The minimum absolute atomic E-state index is 0.0191. The average molecular weight is 450 g/mol. The van der Waals surface area contributed by atoms with Gasteiger partial charge >= 0.3 is 0 Å². The summed E-state index contributed by atoms with van der Waals surface area (Å²) in [5.41, 5.74) is 2.87. The molecule has 2 atom stereocenters. The van der Waals surface area contributed by atoms with Gasteiger partial charge < -0.3 is 18.9 Å². The molecule has 170 valence electrons. The maximum atomic E-state index is 13.8. The van der Waals surface area contributed by atoms with Crippen LogP contribution in [-0.4, -0.2) is 54.0 Å². The summed E-state index contributed by atoms with van der Waals surface area (Å²) < 4.78 is 50.9. The quantitative estimate of drug-likeness (QED) is 0.545. The Kier molecular flexibility index (Phi) is 7.26. The molecule has 8 heteroatoms. The van der Waals surface area contributed by atoms with Gasteiger partial charge in [0.2, 0.25) is 10.0 Å². The van der Waals surface area contributed by atoms with Crippen LogP contribution in [0, 0.1) is 12.8 Å². The van der Waals surface area contributed by atoms with Crippen LogP contribution in [0.25, 0.3) is 0 Å². The average Bonchev–Trinajstić information content (AvgIpc) is 3.09. The van der Waals surface area contributed by atoms with Crippen molar-refractivity contribution in [2.24, 2.45) is 5.92 Å². The largest absolute Gasteiger partial charge is 0.493 e. The second-order valence-electron chi connectivity index (χ2n) is 7.78. The van der Waals surface area contributed by atoms with E-state index < -0.39 is 22.4 Å². The third-order valence-corrected chi connectivity index (χ3v) is 7.72. The zero-order chi connectivity index (χ0) is 22.8. The molecule has 2 aromatic carbocycles. The lowest BCUT2D eigenvalue weighted by Crippen LogP contribution is -2.42. The van der Waals surface area contributed by atoms with Gasteiger partial charge in [-0.25, -0.2) is 8.42 Å². The van der Waals surface area contributed by atoms with Crippen molar-refractivity contribution in [3.05, 3.63) is 53.1 Å². The van der Waals surface area contributed by atoms with Crippen LogP contribution in [-0.2, 0) is 25.9 Å². The molecule has 3 rings (SSSR count). The highest BCUT2D eigenvalue weighted by Crippen LogP contribution is 2.48. The van der Waals surface area contributed by atoms with Crippen molar-refractivity contribution in [1.82, 2.24) is 4.31 Å². The highest BCUT2D eigenvalue weighted by atomic mass is 32.2. The molecule has 7 nitrogen and oxygen atoms in total. The van der Waals surface area contributed by atoms with Gasteiger partial charge in [0, 0.05) is 19.8 Å². The van der Waals surface area contributed by atoms with Crippen molar-refractivity contribution in [3.63, 3.8) is 0 Å². The molecule has 1 aliphatic rings. The number of benzene rings is 2. The summed E-state index contributed by atoms with van der Waals surface area (Å²) in [5.74, 6) is 1.30. The Labute approximate surface area is 184 Å². The fourth-order valence-corrected chi connectivity index (χ4v) is 5.96. The molecule has 0 fully saturated rings. The van der Waals surface area contributed by atoms with Crippen LogP contribution in [0.3, 0.4) is 0 Å². The molecular formula is C23H31NO6S. The first-order chi connectivity index (χ1) is 14.8. The summed E-state index contributed by atoms with van der Waals surface area (Å²) in [5, 5.41) is 0. The lowest BCUT2D eigenvalue weighted by atomic mass is 10.0. The van der Waals surface area contributed by atoms with Gasteiger partial charge in [0.25, 0.3) is 0 Å². The van der Waals surface area contributed by atoms with Crippen LogP contribution >= 0.6 is 0 Å². The first-order valence-electron chi connectivity index (χ1n) is 10.2. The number of nitrogens with zero attached hydrogens (tertiary/aromatic N) is 1. The number of aryl methyl sites for hydroxylation is 1. The normalized spacial score (nSPS) is 18.5. The molecule has 0 aromatic heterocycles. The number of fused-ring (bicyclic) bond motifs is 1. The van der Waals surface area contributed by atoms with Gasteiger partial charge in [-0.15, -0.1) is 0 Å². The van der Waals surface area contributed by atoms with Gasteiger partial charge in [0.1, 0.15) is 0 Å². The standard InChI is InChI=1S/C23H31NO6S/c1-15-7-9-17(10-8-15)31(25,26)24(14-21(28-4)29-5)22-16(2)13-19-18(22)11-12-20(27-3)23(19)30-6/h7-12,16,21-22H,13-14H2,1-6H3. The lowest BCUT2D eigenvalue weighted by molar-refractivity contribution is -0.111. The van der Waals surface area contributed by atoms with Crippen LogP contribution in [0.5, 0.6) is 11.5 Å². The number of hydrogen-bond acceptors (Lipinski definition) is 6. The van der Waals surface area contributed by atoms with Gasteiger partial charge in [0.15, 0.2) is 17.8 Å². The van der Waals surface area contributed by atoms with Crippen molar-refractivity contribution in [3.8, 4) is 11.5 Å².